The van der Waals surface area contributed by atoms with E-state index in [-0.39, 0.29) is 0 Å². The van der Waals surface area contributed by atoms with Gasteiger partial charge >= 0.3 is 9.05 Å². The summed E-state index contributed by atoms with van der Waals surface area (Å²) >= 11 is 0. The minimum Gasteiger partial charge on any atom is -0.387 e. The molecule has 0 aromatic rings. The van der Waals surface area contributed by atoms with Crippen molar-refractivity contribution >= 4 is 9.05 Å². The largest absolute Gasteiger partial charge is 0.671 e. The minimum atomic E-state index is -4.64. The normalized spacial score (nSPS) is 14.2. The molecule has 0 spiro atoms. The number of rotatable bonds is 7. The maximum absolute atomic E-state index is 10.5. The fraction of sp³-hybridized carbons (Fsp3) is 1.00. The molecule has 4 N–H and O–H groups in total. The second kappa shape index (κ2) is 5.57. The van der Waals surface area contributed by atoms with Crippen LogP contribution in [0.3, 0.4) is 0 Å². The molecule has 0 aromatic carbocycles. The molecular weight excluding hydrogens is 228 g/mol. The SMILES string of the molecule is CCC(O)(CC)C(CC)(CC)O[Si](O)(O)O. The lowest BCUT2D eigenvalue weighted by Gasteiger charge is -2.46. The Hall–Kier alpha value is 0.0169. The third kappa shape index (κ3) is 3.25. The average molecular weight is 252 g/mol. The van der Waals surface area contributed by atoms with Crippen LogP contribution in [-0.2, 0) is 4.43 Å². The zero-order chi connectivity index (χ0) is 13.0. The van der Waals surface area contributed by atoms with E-state index < -0.39 is 20.3 Å². The van der Waals surface area contributed by atoms with Crippen molar-refractivity contribution < 1.29 is 23.9 Å². The van der Waals surface area contributed by atoms with E-state index in [4.69, 9.17) is 18.8 Å². The number of hydrogen-bond acceptors (Lipinski definition) is 5. The van der Waals surface area contributed by atoms with Gasteiger partial charge in [-0.3, -0.25) is 0 Å². The molecule has 6 heteroatoms. The summed E-state index contributed by atoms with van der Waals surface area (Å²) in [5, 5.41) is 10.5. The lowest BCUT2D eigenvalue weighted by molar-refractivity contribution is -0.177. The van der Waals surface area contributed by atoms with E-state index in [0.29, 0.717) is 25.7 Å². The van der Waals surface area contributed by atoms with Gasteiger partial charge in [-0.2, -0.15) is 0 Å². The molecule has 0 aromatic heterocycles. The molecule has 0 unspecified atom stereocenters. The van der Waals surface area contributed by atoms with Crippen molar-refractivity contribution in [2.45, 2.75) is 64.6 Å². The predicted octanol–water partition coefficient (Wildman–Crippen LogP) is 0.525. The first-order valence-electron chi connectivity index (χ1n) is 5.80. The summed E-state index contributed by atoms with van der Waals surface area (Å²) in [6.45, 7) is 7.20. The highest BCUT2D eigenvalue weighted by molar-refractivity contribution is 6.48. The average Bonchev–Trinajstić information content (AvgIpc) is 2.23. The van der Waals surface area contributed by atoms with E-state index in [1.54, 1.807) is 13.8 Å². The summed E-state index contributed by atoms with van der Waals surface area (Å²) in [6, 6.07) is 0. The topological polar surface area (TPSA) is 90.2 Å². The fourth-order valence-corrected chi connectivity index (χ4v) is 3.31. The molecule has 0 rings (SSSR count). The van der Waals surface area contributed by atoms with E-state index >= 15 is 0 Å². The van der Waals surface area contributed by atoms with Gasteiger partial charge in [0.25, 0.3) is 0 Å². The lowest BCUT2D eigenvalue weighted by atomic mass is 9.75. The summed E-state index contributed by atoms with van der Waals surface area (Å²) in [5.41, 5.74) is -2.27. The molecule has 5 nitrogen and oxygen atoms in total. The van der Waals surface area contributed by atoms with Crippen LogP contribution < -0.4 is 0 Å². The first-order chi connectivity index (χ1) is 7.20. The van der Waals surface area contributed by atoms with Crippen molar-refractivity contribution in [1.29, 1.82) is 0 Å². The second-order valence-electron chi connectivity index (χ2n) is 4.12. The quantitative estimate of drug-likeness (QED) is 0.496. The molecule has 0 saturated carbocycles. The first kappa shape index (κ1) is 16.0. The van der Waals surface area contributed by atoms with Crippen molar-refractivity contribution in [2.75, 3.05) is 0 Å². The van der Waals surface area contributed by atoms with Crippen LogP contribution in [0.4, 0.5) is 0 Å². The van der Waals surface area contributed by atoms with Crippen molar-refractivity contribution in [3.63, 3.8) is 0 Å². The van der Waals surface area contributed by atoms with Gasteiger partial charge in [0.15, 0.2) is 0 Å². The van der Waals surface area contributed by atoms with Crippen LogP contribution in [-0.4, -0.2) is 39.7 Å². The van der Waals surface area contributed by atoms with Crippen LogP contribution in [0, 0.1) is 0 Å². The Labute approximate surface area is 98.2 Å². The molecule has 98 valence electrons. The zero-order valence-corrected chi connectivity index (χ0v) is 11.5. The lowest BCUT2D eigenvalue weighted by Crippen LogP contribution is -2.61. The molecular formula is C10H24O5Si. The van der Waals surface area contributed by atoms with Crippen molar-refractivity contribution in [3.8, 4) is 0 Å². The molecule has 0 amide bonds. The molecule has 0 aliphatic heterocycles. The van der Waals surface area contributed by atoms with Gasteiger partial charge in [0.2, 0.25) is 0 Å². The van der Waals surface area contributed by atoms with Crippen LogP contribution >= 0.6 is 0 Å². The van der Waals surface area contributed by atoms with Crippen LogP contribution in [0.5, 0.6) is 0 Å². The molecule has 0 radical (unpaired) electrons. The molecule has 16 heavy (non-hydrogen) atoms. The Bertz CT molecular complexity index is 206. The Morgan fingerprint density at radius 3 is 1.44 bits per heavy atom. The number of aliphatic hydroxyl groups is 1. The first-order valence-corrected chi connectivity index (χ1v) is 7.55. The zero-order valence-electron chi connectivity index (χ0n) is 10.5. The Morgan fingerprint density at radius 2 is 1.25 bits per heavy atom. The molecule has 0 aliphatic carbocycles. The van der Waals surface area contributed by atoms with E-state index in [1.807, 2.05) is 13.8 Å². The van der Waals surface area contributed by atoms with Crippen LogP contribution in [0.15, 0.2) is 0 Å². The highest BCUT2D eigenvalue weighted by Crippen LogP contribution is 2.39. The molecule has 0 heterocycles. The summed E-state index contributed by atoms with van der Waals surface area (Å²) in [6.07, 6.45) is 1.65. The molecule has 0 atom stereocenters. The van der Waals surface area contributed by atoms with Crippen LogP contribution in [0.25, 0.3) is 0 Å². The van der Waals surface area contributed by atoms with Gasteiger partial charge in [0, 0.05) is 0 Å². The molecule has 0 bridgehead atoms. The molecule has 0 fully saturated rings. The Balaban J connectivity index is 5.23. The predicted molar refractivity (Wildman–Crippen MR) is 62.3 cm³/mol. The molecule has 0 saturated heterocycles. The van der Waals surface area contributed by atoms with E-state index in [1.165, 1.54) is 0 Å². The van der Waals surface area contributed by atoms with Gasteiger partial charge in [-0.1, -0.05) is 27.7 Å². The second-order valence-corrected chi connectivity index (χ2v) is 5.47. The van der Waals surface area contributed by atoms with Gasteiger partial charge in [-0.25, -0.2) is 0 Å². The third-order valence-electron chi connectivity index (χ3n) is 3.49. The fourth-order valence-electron chi connectivity index (χ4n) is 2.30. The smallest absolute Gasteiger partial charge is 0.387 e. The van der Waals surface area contributed by atoms with Gasteiger partial charge < -0.3 is 23.9 Å². The summed E-state index contributed by atoms with van der Waals surface area (Å²) in [5.74, 6) is 0. The van der Waals surface area contributed by atoms with Gasteiger partial charge in [0.1, 0.15) is 0 Å². The van der Waals surface area contributed by atoms with Gasteiger partial charge in [-0.05, 0) is 25.7 Å². The monoisotopic (exact) mass is 252 g/mol. The van der Waals surface area contributed by atoms with Crippen LogP contribution in [0.1, 0.15) is 53.4 Å². The minimum absolute atomic E-state index is 0.401. The summed E-state index contributed by atoms with van der Waals surface area (Å²) in [7, 11) is -4.64. The Kier molecular flexibility index (Phi) is 5.58. The molecule has 0 aliphatic rings. The van der Waals surface area contributed by atoms with Gasteiger partial charge in [-0.15, -0.1) is 0 Å². The maximum atomic E-state index is 10.5. The standard InChI is InChI=1S/C10H24O5Si/c1-5-9(11,6-2)10(7-3,8-4)15-16(12,13)14/h11-14H,5-8H2,1-4H3. The van der Waals surface area contributed by atoms with E-state index in [2.05, 4.69) is 0 Å². The highest BCUT2D eigenvalue weighted by Gasteiger charge is 2.52. The van der Waals surface area contributed by atoms with E-state index in [9.17, 15) is 5.11 Å². The van der Waals surface area contributed by atoms with Crippen molar-refractivity contribution in [3.05, 3.63) is 0 Å². The Morgan fingerprint density at radius 1 is 0.875 bits per heavy atom. The summed E-state index contributed by atoms with van der Waals surface area (Å²) in [4.78, 5) is 27.3. The summed E-state index contributed by atoms with van der Waals surface area (Å²) < 4.78 is 5.03. The highest BCUT2D eigenvalue weighted by atomic mass is 28.4. The third-order valence-corrected chi connectivity index (χ3v) is 4.16. The van der Waals surface area contributed by atoms with E-state index in [0.717, 1.165) is 0 Å². The number of hydrogen-bond donors (Lipinski definition) is 4. The van der Waals surface area contributed by atoms with Crippen molar-refractivity contribution in [2.24, 2.45) is 0 Å². The van der Waals surface area contributed by atoms with Gasteiger partial charge in [0.05, 0.1) is 11.2 Å². The van der Waals surface area contributed by atoms with Crippen molar-refractivity contribution in [1.82, 2.24) is 0 Å². The van der Waals surface area contributed by atoms with Crippen LogP contribution in [0.2, 0.25) is 0 Å². The maximum Gasteiger partial charge on any atom is 0.671 e.